The van der Waals surface area contributed by atoms with E-state index in [9.17, 15) is 4.79 Å². The first-order chi connectivity index (χ1) is 6.11. The number of carbonyl (C=O) groups is 1. The molecule has 0 heterocycles. The van der Waals surface area contributed by atoms with Gasteiger partial charge in [-0.15, -0.1) is 23.2 Å². The topological polar surface area (TPSA) is 52.9 Å². The molecule has 0 aliphatic carbocycles. The van der Waals surface area contributed by atoms with Crippen molar-refractivity contribution >= 4 is 34.9 Å². The largest absolute Gasteiger partial charge is 0.477 e. The molecule has 0 saturated carbocycles. The Kier molecular flexibility index (Phi) is 6.72. The molecule has 0 fully saturated rings. The van der Waals surface area contributed by atoms with Crippen LogP contribution in [0.5, 0.6) is 0 Å². The smallest absolute Gasteiger partial charge is 0.351 e. The van der Waals surface area contributed by atoms with E-state index in [1.807, 2.05) is 0 Å². The summed E-state index contributed by atoms with van der Waals surface area (Å²) in [5, 5.41) is 13.9. The van der Waals surface area contributed by atoms with Crippen LogP contribution >= 0.6 is 23.2 Å². The van der Waals surface area contributed by atoms with Gasteiger partial charge in [0.25, 0.3) is 0 Å². The second-order valence-corrected chi connectivity index (χ2v) is 3.08. The molecule has 0 radical (unpaired) electrons. The third-order valence-corrected chi connectivity index (χ3v) is 1.62. The van der Waals surface area contributed by atoms with E-state index in [-0.39, 0.29) is 5.71 Å². The monoisotopic (exact) mass is 226 g/mol. The predicted octanol–water partition coefficient (Wildman–Crippen LogP) is 1.23. The maximum absolute atomic E-state index is 10.4. The normalized spacial score (nSPS) is 11.5. The number of carboxylic acid groups (broad SMARTS) is 1. The minimum atomic E-state index is -1.03. The second-order valence-electron chi connectivity index (χ2n) is 2.32. The lowest BCUT2D eigenvalue weighted by Gasteiger charge is -2.16. The van der Waals surface area contributed by atoms with Gasteiger partial charge in [0.15, 0.2) is 0 Å². The van der Waals surface area contributed by atoms with Gasteiger partial charge in [-0.3, -0.25) is 5.01 Å². The van der Waals surface area contributed by atoms with Gasteiger partial charge in [0.05, 0.1) is 0 Å². The molecule has 0 aliphatic rings. The number of rotatable bonds is 6. The van der Waals surface area contributed by atoms with Crippen LogP contribution in [0.4, 0.5) is 0 Å². The number of hydrazone groups is 1. The standard InChI is InChI=1S/C7H12Cl2N2O2/c1-6(7(12)13)10-11(4-2-8)5-3-9/h2-5H2,1H3,(H,12,13)/b10-6-. The van der Waals surface area contributed by atoms with Gasteiger partial charge >= 0.3 is 5.97 Å². The van der Waals surface area contributed by atoms with Crippen LogP contribution in [-0.2, 0) is 4.79 Å². The first-order valence-electron chi connectivity index (χ1n) is 3.77. The van der Waals surface area contributed by atoms with E-state index < -0.39 is 5.97 Å². The van der Waals surface area contributed by atoms with Crippen molar-refractivity contribution < 1.29 is 9.90 Å². The second kappa shape index (κ2) is 6.97. The fourth-order valence-electron chi connectivity index (χ4n) is 0.662. The molecule has 0 aromatic rings. The number of hydrogen-bond acceptors (Lipinski definition) is 3. The molecule has 0 amide bonds. The molecule has 0 aromatic heterocycles. The van der Waals surface area contributed by atoms with Crippen molar-refractivity contribution in [3.8, 4) is 0 Å². The van der Waals surface area contributed by atoms with Gasteiger partial charge in [-0.1, -0.05) is 0 Å². The summed E-state index contributed by atoms with van der Waals surface area (Å²) >= 11 is 11.0. The first-order valence-corrected chi connectivity index (χ1v) is 4.84. The van der Waals surface area contributed by atoms with Crippen LogP contribution < -0.4 is 0 Å². The van der Waals surface area contributed by atoms with Gasteiger partial charge in [0.2, 0.25) is 0 Å². The van der Waals surface area contributed by atoms with Gasteiger partial charge in [-0.2, -0.15) is 5.10 Å². The Balaban J connectivity index is 4.20. The predicted molar refractivity (Wildman–Crippen MR) is 53.8 cm³/mol. The Morgan fingerprint density at radius 2 is 1.85 bits per heavy atom. The van der Waals surface area contributed by atoms with E-state index in [0.717, 1.165) is 0 Å². The van der Waals surface area contributed by atoms with Crippen molar-refractivity contribution in [1.29, 1.82) is 0 Å². The van der Waals surface area contributed by atoms with E-state index in [0.29, 0.717) is 24.8 Å². The van der Waals surface area contributed by atoms with Crippen molar-refractivity contribution in [3.05, 3.63) is 0 Å². The molecule has 0 spiro atoms. The molecule has 0 saturated heterocycles. The van der Waals surface area contributed by atoms with E-state index >= 15 is 0 Å². The van der Waals surface area contributed by atoms with Gasteiger partial charge in [0.1, 0.15) is 5.71 Å². The average molecular weight is 227 g/mol. The molecule has 0 bridgehead atoms. The van der Waals surface area contributed by atoms with Gasteiger partial charge < -0.3 is 5.11 Å². The maximum atomic E-state index is 10.4. The summed E-state index contributed by atoms with van der Waals surface area (Å²) in [4.78, 5) is 10.4. The summed E-state index contributed by atoms with van der Waals surface area (Å²) in [7, 11) is 0. The minimum Gasteiger partial charge on any atom is -0.477 e. The summed E-state index contributed by atoms with van der Waals surface area (Å²) in [6, 6.07) is 0. The average Bonchev–Trinajstić information content (AvgIpc) is 2.05. The van der Waals surface area contributed by atoms with Crippen LogP contribution in [-0.4, -0.2) is 46.6 Å². The Hall–Kier alpha value is -0.480. The molecule has 76 valence electrons. The van der Waals surface area contributed by atoms with Gasteiger partial charge in [-0.05, 0) is 6.92 Å². The van der Waals surface area contributed by atoms with E-state index in [4.69, 9.17) is 28.3 Å². The number of halogens is 2. The maximum Gasteiger partial charge on any atom is 0.351 e. The van der Waals surface area contributed by atoms with Crippen molar-refractivity contribution in [2.24, 2.45) is 5.10 Å². The van der Waals surface area contributed by atoms with Crippen LogP contribution in [0.25, 0.3) is 0 Å². The minimum absolute atomic E-state index is 0.0373. The molecule has 0 aromatic carbocycles. The Morgan fingerprint density at radius 3 is 2.15 bits per heavy atom. The Bertz CT molecular complexity index is 191. The number of alkyl halides is 2. The number of carboxylic acids is 1. The fourth-order valence-corrected chi connectivity index (χ4v) is 1.05. The zero-order valence-corrected chi connectivity index (χ0v) is 8.85. The van der Waals surface area contributed by atoms with Crippen molar-refractivity contribution in [2.45, 2.75) is 6.92 Å². The number of hydrogen-bond donors (Lipinski definition) is 1. The number of aliphatic carboxylic acids is 1. The van der Waals surface area contributed by atoms with E-state index in [2.05, 4.69) is 5.10 Å². The SMILES string of the molecule is C/C(=N/N(CCCl)CCCl)C(=O)O. The molecule has 13 heavy (non-hydrogen) atoms. The summed E-state index contributed by atoms with van der Waals surface area (Å²) in [6.07, 6.45) is 0. The molecule has 6 heteroatoms. The van der Waals surface area contributed by atoms with E-state index in [1.165, 1.54) is 6.92 Å². The lowest BCUT2D eigenvalue weighted by Crippen LogP contribution is -2.25. The van der Waals surface area contributed by atoms with Crippen LogP contribution in [0.2, 0.25) is 0 Å². The third kappa shape index (κ3) is 5.71. The molecule has 0 unspecified atom stereocenters. The molecular formula is C7H12Cl2N2O2. The summed E-state index contributed by atoms with van der Waals surface area (Å²) in [5.74, 6) is -0.241. The van der Waals surface area contributed by atoms with Crippen LogP contribution in [0.3, 0.4) is 0 Å². The molecule has 0 atom stereocenters. The zero-order chi connectivity index (χ0) is 10.3. The van der Waals surface area contributed by atoms with Crippen molar-refractivity contribution in [3.63, 3.8) is 0 Å². The van der Waals surface area contributed by atoms with Crippen molar-refractivity contribution in [1.82, 2.24) is 5.01 Å². The van der Waals surface area contributed by atoms with E-state index in [1.54, 1.807) is 5.01 Å². The highest BCUT2D eigenvalue weighted by Gasteiger charge is 2.05. The summed E-state index contributed by atoms with van der Waals surface area (Å²) < 4.78 is 0. The van der Waals surface area contributed by atoms with Crippen LogP contribution in [0.15, 0.2) is 5.10 Å². The molecular weight excluding hydrogens is 215 g/mol. The molecule has 4 nitrogen and oxygen atoms in total. The lowest BCUT2D eigenvalue weighted by atomic mass is 10.4. The third-order valence-electron chi connectivity index (χ3n) is 1.29. The van der Waals surface area contributed by atoms with Crippen LogP contribution in [0.1, 0.15) is 6.92 Å². The fraction of sp³-hybridized carbons (Fsp3) is 0.714. The highest BCUT2D eigenvalue weighted by molar-refractivity contribution is 6.34. The highest BCUT2D eigenvalue weighted by Crippen LogP contribution is 1.94. The molecule has 0 aliphatic heterocycles. The molecule has 0 rings (SSSR count). The zero-order valence-electron chi connectivity index (χ0n) is 7.33. The summed E-state index contributed by atoms with van der Waals surface area (Å²) in [6.45, 7) is 2.43. The lowest BCUT2D eigenvalue weighted by molar-refractivity contribution is -0.129. The summed E-state index contributed by atoms with van der Waals surface area (Å²) in [5.41, 5.74) is 0.0373. The molecule has 1 N–H and O–H groups in total. The van der Waals surface area contributed by atoms with Crippen molar-refractivity contribution in [2.75, 3.05) is 24.8 Å². The first kappa shape index (κ1) is 12.5. The van der Waals surface area contributed by atoms with Gasteiger partial charge in [0, 0.05) is 24.8 Å². The Labute approximate surface area is 87.1 Å². The van der Waals surface area contributed by atoms with Gasteiger partial charge in [-0.25, -0.2) is 4.79 Å². The van der Waals surface area contributed by atoms with Crippen LogP contribution in [0, 0.1) is 0 Å². The Morgan fingerprint density at radius 1 is 1.38 bits per heavy atom. The number of nitrogens with zero attached hydrogens (tertiary/aromatic N) is 2. The quantitative estimate of drug-likeness (QED) is 0.421. The highest BCUT2D eigenvalue weighted by atomic mass is 35.5.